The molecule has 3 N–H and O–H groups in total. The quantitative estimate of drug-likeness (QED) is 0.758. The lowest BCUT2D eigenvalue weighted by molar-refractivity contribution is -0.111. The predicted octanol–water partition coefficient (Wildman–Crippen LogP) is 3.33. The van der Waals surface area contributed by atoms with Gasteiger partial charge in [-0.3, -0.25) is 4.79 Å². The van der Waals surface area contributed by atoms with Crippen LogP contribution < -0.4 is 5.32 Å². The number of hydrogen-bond acceptors (Lipinski definition) is 2. The number of hydrogen-bond donors (Lipinski definition) is 3. The number of nitrogens with one attached hydrogen (secondary N) is 2. The Kier molecular flexibility index (Phi) is 4.45. The number of carboxylic acid groups (broad SMARTS) is 1. The van der Waals surface area contributed by atoms with Gasteiger partial charge in [0.05, 0.1) is 5.69 Å². The van der Waals surface area contributed by atoms with Crippen molar-refractivity contribution in [2.24, 2.45) is 0 Å². The summed E-state index contributed by atoms with van der Waals surface area (Å²) in [4.78, 5) is 25.5. The molecule has 1 aromatic heterocycles. The van der Waals surface area contributed by atoms with Crippen LogP contribution in [0.25, 0.3) is 6.08 Å². The van der Waals surface area contributed by atoms with Crippen molar-refractivity contribution < 1.29 is 14.7 Å². The molecule has 0 aliphatic carbocycles. The van der Waals surface area contributed by atoms with Gasteiger partial charge in [-0.2, -0.15) is 0 Å². The van der Waals surface area contributed by atoms with E-state index in [2.05, 4.69) is 10.3 Å². The molecule has 0 aliphatic heterocycles. The van der Waals surface area contributed by atoms with Gasteiger partial charge in [-0.15, -0.1) is 0 Å². The fraction of sp³-hybridized carbons (Fsp3) is 0.0667. The van der Waals surface area contributed by atoms with Crippen molar-refractivity contribution in [2.75, 3.05) is 5.32 Å². The number of benzene rings is 1. The zero-order chi connectivity index (χ0) is 15.4. The SMILES string of the molecule is Cc1cc(NC(=O)/C=C/c2cccc(Cl)c2)c(C(=O)O)[nH]1. The van der Waals surface area contributed by atoms with Gasteiger partial charge in [0.15, 0.2) is 0 Å². The summed E-state index contributed by atoms with van der Waals surface area (Å²) < 4.78 is 0. The number of carbonyl (C=O) groups excluding carboxylic acids is 1. The van der Waals surface area contributed by atoms with Crippen LogP contribution >= 0.6 is 11.6 Å². The largest absolute Gasteiger partial charge is 0.477 e. The fourth-order valence-corrected chi connectivity index (χ4v) is 2.01. The average Bonchev–Trinajstić information content (AvgIpc) is 2.77. The van der Waals surface area contributed by atoms with Crippen molar-refractivity contribution >= 4 is 35.2 Å². The maximum Gasteiger partial charge on any atom is 0.354 e. The highest BCUT2D eigenvalue weighted by Gasteiger charge is 2.14. The zero-order valence-corrected chi connectivity index (χ0v) is 11.9. The molecule has 5 nitrogen and oxygen atoms in total. The lowest BCUT2D eigenvalue weighted by atomic mass is 10.2. The minimum atomic E-state index is -1.13. The fourth-order valence-electron chi connectivity index (χ4n) is 1.81. The van der Waals surface area contributed by atoms with E-state index in [1.807, 2.05) is 0 Å². The second-order valence-corrected chi connectivity index (χ2v) is 4.86. The molecule has 1 aromatic carbocycles. The minimum absolute atomic E-state index is 0.0444. The summed E-state index contributed by atoms with van der Waals surface area (Å²) in [5.41, 5.74) is 1.63. The van der Waals surface area contributed by atoms with Crippen LogP contribution in [0.4, 0.5) is 5.69 Å². The van der Waals surface area contributed by atoms with Crippen LogP contribution in [0.5, 0.6) is 0 Å². The first kappa shape index (κ1) is 14.9. The van der Waals surface area contributed by atoms with E-state index in [1.165, 1.54) is 6.08 Å². The van der Waals surface area contributed by atoms with E-state index in [1.54, 1.807) is 43.3 Å². The van der Waals surface area contributed by atoms with Crippen LogP contribution in [-0.2, 0) is 4.79 Å². The van der Waals surface area contributed by atoms with Gasteiger partial charge < -0.3 is 15.4 Å². The van der Waals surface area contributed by atoms with Gasteiger partial charge in [0.2, 0.25) is 5.91 Å². The van der Waals surface area contributed by atoms with Crippen LogP contribution in [-0.4, -0.2) is 22.0 Å². The van der Waals surface area contributed by atoms with Crippen LogP contribution in [0.2, 0.25) is 5.02 Å². The van der Waals surface area contributed by atoms with Gasteiger partial charge in [-0.1, -0.05) is 23.7 Å². The Hall–Kier alpha value is -2.53. The molecule has 21 heavy (non-hydrogen) atoms. The van der Waals surface area contributed by atoms with Crippen LogP contribution in [0.1, 0.15) is 21.7 Å². The number of amides is 1. The molecule has 2 rings (SSSR count). The number of carboxylic acids is 1. The molecule has 0 atom stereocenters. The Labute approximate surface area is 126 Å². The molecule has 0 saturated heterocycles. The summed E-state index contributed by atoms with van der Waals surface area (Å²) in [6, 6.07) is 8.60. The van der Waals surface area contributed by atoms with E-state index in [0.29, 0.717) is 10.7 Å². The van der Waals surface area contributed by atoms with E-state index in [9.17, 15) is 9.59 Å². The lowest BCUT2D eigenvalue weighted by Crippen LogP contribution is -2.10. The molecule has 2 aromatic rings. The molecule has 1 amide bonds. The topological polar surface area (TPSA) is 82.2 Å². The maximum absolute atomic E-state index is 11.8. The first-order valence-electron chi connectivity index (χ1n) is 6.13. The van der Waals surface area contributed by atoms with E-state index in [0.717, 1.165) is 5.56 Å². The highest BCUT2D eigenvalue weighted by molar-refractivity contribution is 6.30. The standard InChI is InChI=1S/C15H13ClN2O3/c1-9-7-12(14(17-9)15(20)21)18-13(19)6-5-10-3-2-4-11(16)8-10/h2-8,17H,1H3,(H,18,19)(H,20,21)/b6-5+. The summed E-state index contributed by atoms with van der Waals surface area (Å²) in [6.45, 7) is 1.71. The number of carbonyl (C=O) groups is 2. The predicted molar refractivity (Wildman–Crippen MR) is 81.6 cm³/mol. The van der Waals surface area contributed by atoms with Crippen molar-refractivity contribution in [3.05, 3.63) is 58.4 Å². The molecule has 0 unspecified atom stereocenters. The molecule has 0 radical (unpaired) electrons. The Bertz CT molecular complexity index is 719. The number of aromatic amines is 1. The zero-order valence-electron chi connectivity index (χ0n) is 11.2. The van der Waals surface area contributed by atoms with Crippen LogP contribution in [0.3, 0.4) is 0 Å². The first-order valence-corrected chi connectivity index (χ1v) is 6.51. The molecule has 6 heteroatoms. The van der Waals surface area contributed by atoms with Gasteiger partial charge >= 0.3 is 5.97 Å². The summed E-state index contributed by atoms with van der Waals surface area (Å²) in [5.74, 6) is -1.55. The molecular formula is C15H13ClN2O3. The molecule has 0 aliphatic rings. The summed E-state index contributed by atoms with van der Waals surface area (Å²) in [6.07, 6.45) is 2.92. The Morgan fingerprint density at radius 2 is 2.10 bits per heavy atom. The van der Waals surface area contributed by atoms with E-state index in [-0.39, 0.29) is 11.4 Å². The van der Waals surface area contributed by atoms with Crippen molar-refractivity contribution in [2.45, 2.75) is 6.92 Å². The first-order chi connectivity index (χ1) is 9.95. The third kappa shape index (κ3) is 3.97. The highest BCUT2D eigenvalue weighted by Crippen LogP contribution is 2.17. The summed E-state index contributed by atoms with van der Waals surface area (Å²) in [5, 5.41) is 12.1. The van der Waals surface area contributed by atoms with Crippen molar-refractivity contribution in [1.29, 1.82) is 0 Å². The highest BCUT2D eigenvalue weighted by atomic mass is 35.5. The number of rotatable bonds is 4. The van der Waals surface area contributed by atoms with Gasteiger partial charge in [-0.05, 0) is 36.8 Å². The molecular weight excluding hydrogens is 292 g/mol. The maximum atomic E-state index is 11.8. The van der Waals surface area contributed by atoms with Gasteiger partial charge in [0.25, 0.3) is 0 Å². The van der Waals surface area contributed by atoms with E-state index in [4.69, 9.17) is 16.7 Å². The van der Waals surface area contributed by atoms with Crippen molar-refractivity contribution in [3.63, 3.8) is 0 Å². The number of aryl methyl sites for hydroxylation is 1. The molecule has 108 valence electrons. The van der Waals surface area contributed by atoms with Crippen LogP contribution in [0, 0.1) is 6.92 Å². The monoisotopic (exact) mass is 304 g/mol. The third-order valence-corrected chi connectivity index (χ3v) is 2.94. The second kappa shape index (κ2) is 6.28. The van der Waals surface area contributed by atoms with Crippen molar-refractivity contribution in [1.82, 2.24) is 4.98 Å². The second-order valence-electron chi connectivity index (χ2n) is 4.42. The Morgan fingerprint density at radius 3 is 2.76 bits per heavy atom. The van der Waals surface area contributed by atoms with Gasteiger partial charge in [0, 0.05) is 16.8 Å². The molecule has 0 spiro atoms. The summed E-state index contributed by atoms with van der Waals surface area (Å²) >= 11 is 5.84. The molecule has 0 bridgehead atoms. The smallest absolute Gasteiger partial charge is 0.354 e. The lowest BCUT2D eigenvalue weighted by Gasteiger charge is -2.00. The molecule has 0 saturated carbocycles. The van der Waals surface area contributed by atoms with Gasteiger partial charge in [-0.25, -0.2) is 4.79 Å². The van der Waals surface area contributed by atoms with Gasteiger partial charge in [0.1, 0.15) is 5.69 Å². The van der Waals surface area contributed by atoms with E-state index < -0.39 is 11.9 Å². The average molecular weight is 305 g/mol. The normalized spacial score (nSPS) is 10.8. The Morgan fingerprint density at radius 1 is 1.33 bits per heavy atom. The van der Waals surface area contributed by atoms with Crippen LogP contribution in [0.15, 0.2) is 36.4 Å². The number of aromatic carboxylic acids is 1. The van der Waals surface area contributed by atoms with Crippen molar-refractivity contribution in [3.8, 4) is 0 Å². The third-order valence-electron chi connectivity index (χ3n) is 2.70. The molecule has 1 heterocycles. The minimum Gasteiger partial charge on any atom is -0.477 e. The molecule has 0 fully saturated rings. The number of anilines is 1. The number of aromatic nitrogens is 1. The Balaban J connectivity index is 2.10. The number of H-pyrrole nitrogens is 1. The van der Waals surface area contributed by atoms with E-state index >= 15 is 0 Å². The summed E-state index contributed by atoms with van der Waals surface area (Å²) in [7, 11) is 0. The number of halogens is 1.